The van der Waals surface area contributed by atoms with Crippen LogP contribution < -0.4 is 0 Å². The van der Waals surface area contributed by atoms with Gasteiger partial charge in [-0.15, -0.1) is 0 Å². The first kappa shape index (κ1) is 20.0. The van der Waals surface area contributed by atoms with Gasteiger partial charge in [0.1, 0.15) is 17.4 Å². The fraction of sp³-hybridized carbons (Fsp3) is 0.381. The number of aryl methyl sites for hydroxylation is 1. The maximum atomic E-state index is 10.8. The molecule has 0 radical (unpaired) electrons. The first-order chi connectivity index (χ1) is 13.5. The average molecular weight is 396 g/mol. The summed E-state index contributed by atoms with van der Waals surface area (Å²) < 4.78 is 2.19. The minimum atomic E-state index is -0.329. The molecule has 0 aliphatic carbocycles. The molecule has 0 aliphatic rings. The predicted molar refractivity (Wildman–Crippen MR) is 113 cm³/mol. The fourth-order valence-electron chi connectivity index (χ4n) is 3.01. The van der Waals surface area contributed by atoms with Crippen LogP contribution in [0.15, 0.2) is 35.2 Å². The molecule has 0 saturated heterocycles. The number of aliphatic hydroxyl groups excluding tert-OH is 1. The van der Waals surface area contributed by atoms with Crippen LogP contribution in [0.3, 0.4) is 0 Å². The lowest BCUT2D eigenvalue weighted by Crippen LogP contribution is -2.08. The molecule has 6 nitrogen and oxygen atoms in total. The van der Waals surface area contributed by atoms with Gasteiger partial charge in [-0.25, -0.2) is 9.97 Å². The molecule has 0 bridgehead atoms. The quantitative estimate of drug-likeness (QED) is 0.328. The number of hydrogen-bond donors (Lipinski definition) is 2. The van der Waals surface area contributed by atoms with Crippen LogP contribution in [0.4, 0.5) is 0 Å². The van der Waals surface area contributed by atoms with Gasteiger partial charge in [0.05, 0.1) is 22.0 Å². The first-order valence-corrected chi connectivity index (χ1v) is 10.3. The van der Waals surface area contributed by atoms with Crippen molar-refractivity contribution in [2.75, 3.05) is 0 Å². The second kappa shape index (κ2) is 8.53. The Kier molecular flexibility index (Phi) is 6.10. The van der Waals surface area contributed by atoms with Gasteiger partial charge in [-0.1, -0.05) is 37.2 Å². The number of aromatic nitrogens is 4. The fourth-order valence-corrected chi connectivity index (χ4v) is 4.10. The van der Waals surface area contributed by atoms with Crippen molar-refractivity contribution in [1.82, 2.24) is 19.5 Å². The molecular weight excluding hydrogens is 370 g/mol. The molecule has 2 aromatic heterocycles. The SMILES string of the molecule is CCCCn1c(S[C@H](C)C(O)=C(C#N)c2nc3ccccc3[nH]2)nc(C)c1C. The number of thioether (sulfide) groups is 1. The number of para-hydroxylation sites is 2. The number of imidazole rings is 2. The monoisotopic (exact) mass is 395 g/mol. The van der Waals surface area contributed by atoms with Gasteiger partial charge in [-0.3, -0.25) is 0 Å². The highest BCUT2D eigenvalue weighted by molar-refractivity contribution is 7.99. The van der Waals surface area contributed by atoms with Gasteiger partial charge < -0.3 is 14.7 Å². The number of aromatic amines is 1. The predicted octanol–water partition coefficient (Wildman–Crippen LogP) is 5.15. The molecule has 0 saturated carbocycles. The molecule has 7 heteroatoms. The number of unbranched alkanes of at least 4 members (excludes halogenated alkanes) is 1. The van der Waals surface area contributed by atoms with E-state index in [4.69, 9.17) is 0 Å². The molecule has 0 aliphatic heterocycles. The summed E-state index contributed by atoms with van der Waals surface area (Å²) in [7, 11) is 0. The Morgan fingerprint density at radius 3 is 2.75 bits per heavy atom. The Morgan fingerprint density at radius 2 is 2.07 bits per heavy atom. The molecule has 0 spiro atoms. The van der Waals surface area contributed by atoms with Gasteiger partial charge in [0.15, 0.2) is 11.0 Å². The van der Waals surface area contributed by atoms with Crippen LogP contribution in [0.5, 0.6) is 0 Å². The van der Waals surface area contributed by atoms with Gasteiger partial charge >= 0.3 is 0 Å². The molecule has 0 fully saturated rings. The summed E-state index contributed by atoms with van der Waals surface area (Å²) in [5.41, 5.74) is 3.90. The zero-order valence-electron chi connectivity index (χ0n) is 16.7. The minimum absolute atomic E-state index is 0.00639. The topological polar surface area (TPSA) is 90.5 Å². The van der Waals surface area contributed by atoms with Crippen LogP contribution in [0.25, 0.3) is 16.6 Å². The molecule has 1 aromatic carbocycles. The van der Waals surface area contributed by atoms with E-state index in [0.29, 0.717) is 5.82 Å². The van der Waals surface area contributed by atoms with Crippen molar-refractivity contribution in [2.24, 2.45) is 0 Å². The molecule has 2 N–H and O–H groups in total. The number of H-pyrrole nitrogens is 1. The Balaban J connectivity index is 1.91. The Labute approximate surface area is 169 Å². The highest BCUT2D eigenvalue weighted by Gasteiger charge is 2.22. The molecule has 1 atom stereocenters. The number of rotatable bonds is 7. The zero-order valence-corrected chi connectivity index (χ0v) is 17.5. The lowest BCUT2D eigenvalue weighted by molar-refractivity contribution is 0.401. The van der Waals surface area contributed by atoms with Gasteiger partial charge in [0, 0.05) is 12.2 Å². The number of allylic oxidation sites excluding steroid dienone is 1. The van der Waals surface area contributed by atoms with E-state index < -0.39 is 0 Å². The van der Waals surface area contributed by atoms with E-state index in [1.165, 1.54) is 11.8 Å². The van der Waals surface area contributed by atoms with Crippen molar-refractivity contribution in [3.63, 3.8) is 0 Å². The molecule has 28 heavy (non-hydrogen) atoms. The van der Waals surface area contributed by atoms with E-state index in [-0.39, 0.29) is 16.6 Å². The number of nitrogens with one attached hydrogen (secondary N) is 1. The van der Waals surface area contributed by atoms with Crippen molar-refractivity contribution >= 4 is 28.4 Å². The Morgan fingerprint density at radius 1 is 1.32 bits per heavy atom. The summed E-state index contributed by atoms with van der Waals surface area (Å²) in [5, 5.41) is 21.0. The van der Waals surface area contributed by atoms with Crippen LogP contribution in [-0.2, 0) is 6.54 Å². The number of fused-ring (bicyclic) bond motifs is 1. The number of nitriles is 1. The third kappa shape index (κ3) is 3.92. The highest BCUT2D eigenvalue weighted by atomic mass is 32.2. The van der Waals surface area contributed by atoms with Crippen molar-refractivity contribution in [3.05, 3.63) is 47.2 Å². The second-order valence-electron chi connectivity index (χ2n) is 6.81. The van der Waals surface area contributed by atoms with E-state index in [2.05, 4.69) is 39.4 Å². The maximum Gasteiger partial charge on any atom is 0.169 e. The molecule has 0 unspecified atom stereocenters. The summed E-state index contributed by atoms with van der Waals surface area (Å²) in [6.45, 7) is 9.01. The summed E-state index contributed by atoms with van der Waals surface area (Å²) in [6, 6.07) is 9.66. The summed E-state index contributed by atoms with van der Waals surface area (Å²) >= 11 is 1.46. The van der Waals surface area contributed by atoms with E-state index >= 15 is 0 Å². The van der Waals surface area contributed by atoms with Gasteiger partial charge in [-0.2, -0.15) is 5.26 Å². The minimum Gasteiger partial charge on any atom is -0.510 e. The third-order valence-corrected chi connectivity index (χ3v) is 5.92. The van der Waals surface area contributed by atoms with E-state index in [1.807, 2.05) is 38.1 Å². The van der Waals surface area contributed by atoms with E-state index in [1.54, 1.807) is 0 Å². The number of hydrogen-bond acceptors (Lipinski definition) is 5. The average Bonchev–Trinajstić information content (AvgIpc) is 3.22. The molecule has 3 rings (SSSR count). The number of aliphatic hydroxyl groups is 1. The zero-order chi connectivity index (χ0) is 20.3. The van der Waals surface area contributed by atoms with Crippen LogP contribution in [-0.4, -0.2) is 29.9 Å². The molecule has 2 heterocycles. The third-order valence-electron chi connectivity index (χ3n) is 4.82. The Hall–Kier alpha value is -2.72. The van der Waals surface area contributed by atoms with E-state index in [9.17, 15) is 10.4 Å². The second-order valence-corrected chi connectivity index (χ2v) is 8.11. The molecule has 146 valence electrons. The van der Waals surface area contributed by atoms with Crippen LogP contribution in [0.2, 0.25) is 0 Å². The summed E-state index contributed by atoms with van der Waals surface area (Å²) in [4.78, 5) is 12.2. The number of benzene rings is 1. The molecule has 3 aromatic rings. The summed E-state index contributed by atoms with van der Waals surface area (Å²) in [6.07, 6.45) is 2.18. The van der Waals surface area contributed by atoms with E-state index in [0.717, 1.165) is 47.0 Å². The van der Waals surface area contributed by atoms with Crippen LogP contribution >= 0.6 is 11.8 Å². The normalized spacial score (nSPS) is 13.4. The lowest BCUT2D eigenvalue weighted by Gasteiger charge is -2.14. The smallest absolute Gasteiger partial charge is 0.169 e. The van der Waals surface area contributed by atoms with Crippen molar-refractivity contribution < 1.29 is 5.11 Å². The van der Waals surface area contributed by atoms with Crippen LogP contribution in [0, 0.1) is 25.2 Å². The molecular formula is C21H25N5OS. The van der Waals surface area contributed by atoms with Gasteiger partial charge in [0.25, 0.3) is 0 Å². The van der Waals surface area contributed by atoms with Gasteiger partial charge in [-0.05, 0) is 39.3 Å². The van der Waals surface area contributed by atoms with Crippen molar-refractivity contribution in [1.29, 1.82) is 5.26 Å². The molecule has 0 amide bonds. The number of nitrogens with zero attached hydrogens (tertiary/aromatic N) is 4. The van der Waals surface area contributed by atoms with Crippen molar-refractivity contribution in [3.8, 4) is 6.07 Å². The summed E-state index contributed by atoms with van der Waals surface area (Å²) in [5.74, 6) is 0.391. The Bertz CT molecular complexity index is 1020. The first-order valence-electron chi connectivity index (χ1n) is 9.45. The van der Waals surface area contributed by atoms with Crippen molar-refractivity contribution in [2.45, 2.75) is 57.5 Å². The maximum absolute atomic E-state index is 10.8. The van der Waals surface area contributed by atoms with Crippen LogP contribution in [0.1, 0.15) is 43.9 Å². The largest absolute Gasteiger partial charge is 0.510 e. The highest BCUT2D eigenvalue weighted by Crippen LogP contribution is 2.31. The van der Waals surface area contributed by atoms with Gasteiger partial charge in [0.2, 0.25) is 0 Å². The standard InChI is InChI=1S/C21H25N5OS/c1-5-6-11-26-14(3)13(2)23-21(26)28-15(4)19(27)16(12-22)20-24-17-9-7-8-10-18(17)25-20/h7-10,15,27H,5-6,11H2,1-4H3,(H,24,25)/t15-/m1/s1. The lowest BCUT2D eigenvalue weighted by atomic mass is 10.2.